The zero-order chi connectivity index (χ0) is 20.4. The molecule has 0 fully saturated rings. The molecular formula is C21H42O6. The molecule has 0 aromatic rings. The summed E-state index contributed by atoms with van der Waals surface area (Å²) in [6.07, 6.45) is 15.5. The Kier molecular flexibility index (Phi) is 17.0. The maximum Gasteiger partial charge on any atom is 0.366 e. The summed E-state index contributed by atoms with van der Waals surface area (Å²) in [5.74, 6) is -3.70. The first kappa shape index (κ1) is 26.3. The van der Waals surface area contributed by atoms with Crippen molar-refractivity contribution in [1.29, 1.82) is 0 Å². The third-order valence-electron chi connectivity index (χ3n) is 4.82. The summed E-state index contributed by atoms with van der Waals surface area (Å²) in [7, 11) is 0. The van der Waals surface area contributed by atoms with Crippen molar-refractivity contribution in [1.82, 2.24) is 0 Å². The van der Waals surface area contributed by atoms with Gasteiger partial charge < -0.3 is 25.2 Å². The highest BCUT2D eigenvalue weighted by atomic mass is 16.6. The molecule has 4 N–H and O–H groups in total. The second kappa shape index (κ2) is 17.4. The zero-order valence-electron chi connectivity index (χ0n) is 17.2. The topological polar surface area (TPSA) is 107 Å². The molecule has 0 heterocycles. The Bertz CT molecular complexity index is 346. The molecule has 0 bridgehead atoms. The van der Waals surface area contributed by atoms with Crippen LogP contribution in [0, 0.1) is 0 Å². The fourth-order valence-corrected chi connectivity index (χ4v) is 3.01. The number of esters is 1. The molecule has 1 atom stereocenters. The molecule has 0 aliphatic carbocycles. The van der Waals surface area contributed by atoms with Gasteiger partial charge in [0.2, 0.25) is 0 Å². The molecule has 0 aliphatic heterocycles. The fourth-order valence-electron chi connectivity index (χ4n) is 3.01. The third-order valence-corrected chi connectivity index (χ3v) is 4.82. The van der Waals surface area contributed by atoms with Gasteiger partial charge in [0, 0.05) is 6.42 Å². The Balaban J connectivity index is 3.45. The first-order valence-corrected chi connectivity index (χ1v) is 10.8. The number of carbonyl (C=O) groups is 1. The number of ether oxygens (including phenoxy) is 1. The third kappa shape index (κ3) is 16.0. The van der Waals surface area contributed by atoms with Crippen LogP contribution in [0.5, 0.6) is 0 Å². The van der Waals surface area contributed by atoms with Crippen LogP contribution < -0.4 is 0 Å². The van der Waals surface area contributed by atoms with Gasteiger partial charge in [0.1, 0.15) is 12.7 Å². The van der Waals surface area contributed by atoms with Crippen molar-refractivity contribution in [2.75, 3.05) is 13.2 Å². The molecule has 0 aliphatic rings. The van der Waals surface area contributed by atoms with Crippen LogP contribution in [0.2, 0.25) is 0 Å². The molecule has 0 saturated heterocycles. The van der Waals surface area contributed by atoms with E-state index in [9.17, 15) is 15.0 Å². The highest BCUT2D eigenvalue weighted by Crippen LogP contribution is 2.17. The van der Waals surface area contributed by atoms with Crippen LogP contribution in [-0.2, 0) is 9.53 Å². The van der Waals surface area contributed by atoms with E-state index in [1.807, 2.05) is 0 Å². The molecule has 0 aromatic carbocycles. The van der Waals surface area contributed by atoms with E-state index in [2.05, 4.69) is 11.7 Å². The number of hydrogen-bond acceptors (Lipinski definition) is 6. The number of unbranched alkanes of at least 4 members (excludes halogenated alkanes) is 13. The Morgan fingerprint density at radius 3 is 1.63 bits per heavy atom. The highest BCUT2D eigenvalue weighted by molar-refractivity contribution is 5.77. The van der Waals surface area contributed by atoms with E-state index >= 15 is 0 Å². The van der Waals surface area contributed by atoms with Gasteiger partial charge in [-0.05, 0) is 6.42 Å². The first-order valence-electron chi connectivity index (χ1n) is 10.8. The summed E-state index contributed by atoms with van der Waals surface area (Å²) in [5.41, 5.74) is 0. The summed E-state index contributed by atoms with van der Waals surface area (Å²) >= 11 is 0. The molecule has 0 radical (unpaired) electrons. The Morgan fingerprint density at radius 1 is 0.815 bits per heavy atom. The highest BCUT2D eigenvalue weighted by Gasteiger charge is 2.34. The van der Waals surface area contributed by atoms with Crippen LogP contribution in [0.1, 0.15) is 103 Å². The predicted octanol–water partition coefficient (Wildman–Crippen LogP) is 3.44. The Hall–Kier alpha value is -0.690. The van der Waals surface area contributed by atoms with Crippen molar-refractivity contribution in [3.8, 4) is 0 Å². The molecule has 6 nitrogen and oxygen atoms in total. The lowest BCUT2D eigenvalue weighted by molar-refractivity contribution is -0.214. The van der Waals surface area contributed by atoms with Gasteiger partial charge >= 0.3 is 5.97 Å². The largest absolute Gasteiger partial charge is 0.459 e. The van der Waals surface area contributed by atoms with E-state index < -0.39 is 31.1 Å². The normalized spacial score (nSPS) is 12.9. The second-order valence-corrected chi connectivity index (χ2v) is 7.60. The average Bonchev–Trinajstić information content (AvgIpc) is 2.65. The lowest BCUT2D eigenvalue weighted by atomic mass is 10.0. The van der Waals surface area contributed by atoms with Crippen LogP contribution in [0.3, 0.4) is 0 Å². The molecule has 0 amide bonds. The standard InChI is InChI=1S/C21H42O6/c1-2-3-4-5-6-7-8-9-10-11-12-13-14-15-16-21(25,26)20(24)27-18-19(23)17-22/h19,22-23,25-26H,2-18H2,1H3/t19-/m1/s1. The average molecular weight is 391 g/mol. The molecule has 0 saturated carbocycles. The van der Waals surface area contributed by atoms with Crippen LogP contribution in [0.15, 0.2) is 0 Å². The van der Waals surface area contributed by atoms with E-state index in [0.717, 1.165) is 19.3 Å². The number of aliphatic hydroxyl groups excluding tert-OH is 2. The lowest BCUT2D eigenvalue weighted by Gasteiger charge is -2.20. The molecule has 162 valence electrons. The zero-order valence-corrected chi connectivity index (χ0v) is 17.2. The Morgan fingerprint density at radius 2 is 1.22 bits per heavy atom. The van der Waals surface area contributed by atoms with Crippen LogP contribution >= 0.6 is 0 Å². The quantitative estimate of drug-likeness (QED) is 0.153. The van der Waals surface area contributed by atoms with Crippen molar-refractivity contribution >= 4 is 5.97 Å². The van der Waals surface area contributed by atoms with Crippen molar-refractivity contribution in [3.63, 3.8) is 0 Å². The summed E-state index contributed by atoms with van der Waals surface area (Å²) in [6, 6.07) is 0. The van der Waals surface area contributed by atoms with Gasteiger partial charge in [0.05, 0.1) is 6.61 Å². The maximum atomic E-state index is 11.5. The fraction of sp³-hybridized carbons (Fsp3) is 0.952. The van der Waals surface area contributed by atoms with E-state index in [1.54, 1.807) is 0 Å². The van der Waals surface area contributed by atoms with Gasteiger partial charge in [-0.15, -0.1) is 0 Å². The van der Waals surface area contributed by atoms with Gasteiger partial charge in [-0.25, -0.2) is 4.79 Å². The molecule has 0 unspecified atom stereocenters. The molecular weight excluding hydrogens is 348 g/mol. The molecule has 0 rings (SSSR count). The summed E-state index contributed by atoms with van der Waals surface area (Å²) in [5, 5.41) is 37.1. The first-order chi connectivity index (χ1) is 12.9. The van der Waals surface area contributed by atoms with E-state index in [0.29, 0.717) is 6.42 Å². The van der Waals surface area contributed by atoms with Crippen LogP contribution in [-0.4, -0.2) is 51.5 Å². The van der Waals surface area contributed by atoms with E-state index in [4.69, 9.17) is 10.2 Å². The van der Waals surface area contributed by atoms with Gasteiger partial charge in [0.25, 0.3) is 5.79 Å². The molecule has 0 spiro atoms. The maximum absolute atomic E-state index is 11.5. The van der Waals surface area contributed by atoms with Crippen LogP contribution in [0.25, 0.3) is 0 Å². The minimum Gasteiger partial charge on any atom is -0.459 e. The van der Waals surface area contributed by atoms with Crippen LogP contribution in [0.4, 0.5) is 0 Å². The minimum absolute atomic E-state index is 0.0842. The van der Waals surface area contributed by atoms with E-state index in [-0.39, 0.29) is 6.42 Å². The number of rotatable bonds is 19. The van der Waals surface area contributed by atoms with Crippen molar-refractivity contribution in [2.24, 2.45) is 0 Å². The van der Waals surface area contributed by atoms with Gasteiger partial charge in [-0.1, -0.05) is 90.4 Å². The van der Waals surface area contributed by atoms with Gasteiger partial charge in [0.15, 0.2) is 0 Å². The Labute approximate surface area is 164 Å². The van der Waals surface area contributed by atoms with Crippen molar-refractivity contribution < 1.29 is 30.0 Å². The number of hydrogen-bond donors (Lipinski definition) is 4. The van der Waals surface area contributed by atoms with Crippen molar-refractivity contribution in [3.05, 3.63) is 0 Å². The predicted molar refractivity (Wildman–Crippen MR) is 106 cm³/mol. The minimum atomic E-state index is -2.52. The smallest absolute Gasteiger partial charge is 0.366 e. The second-order valence-electron chi connectivity index (χ2n) is 7.60. The van der Waals surface area contributed by atoms with E-state index in [1.165, 1.54) is 64.2 Å². The number of carbonyl (C=O) groups excluding carboxylic acids is 1. The van der Waals surface area contributed by atoms with Gasteiger partial charge in [-0.3, -0.25) is 0 Å². The summed E-state index contributed by atoms with van der Waals surface area (Å²) < 4.78 is 4.58. The summed E-state index contributed by atoms with van der Waals surface area (Å²) in [4.78, 5) is 11.5. The van der Waals surface area contributed by atoms with Crippen molar-refractivity contribution in [2.45, 2.75) is 115 Å². The monoisotopic (exact) mass is 390 g/mol. The number of aliphatic hydroxyl groups is 4. The molecule has 27 heavy (non-hydrogen) atoms. The SMILES string of the molecule is CCCCCCCCCCCCCCCCC(O)(O)C(=O)OC[C@H](O)CO. The summed E-state index contributed by atoms with van der Waals surface area (Å²) in [6.45, 7) is 1.25. The van der Waals surface area contributed by atoms with Gasteiger partial charge in [-0.2, -0.15) is 0 Å². The molecule has 6 heteroatoms. The molecule has 0 aromatic heterocycles. The lowest BCUT2D eigenvalue weighted by Crippen LogP contribution is -2.41.